The lowest BCUT2D eigenvalue weighted by atomic mass is 9.85. The van der Waals surface area contributed by atoms with Crippen molar-refractivity contribution in [3.05, 3.63) is 61.3 Å². The number of benzene rings is 1. The van der Waals surface area contributed by atoms with E-state index < -0.39 is 16.3 Å². The smallest absolute Gasteiger partial charge is 0.338 e. The normalized spacial score (nSPS) is 11.4. The Kier molecular flexibility index (Phi) is 5.61. The van der Waals surface area contributed by atoms with Gasteiger partial charge in [0.1, 0.15) is 0 Å². The van der Waals surface area contributed by atoms with E-state index in [1.54, 1.807) is 6.07 Å². The third-order valence-electron chi connectivity index (χ3n) is 3.82. The van der Waals surface area contributed by atoms with Crippen LogP contribution >= 0.6 is 27.3 Å². The molecule has 0 aliphatic rings. The summed E-state index contributed by atoms with van der Waals surface area (Å²) in [6.07, 6.45) is 0. The number of nitrogens with zero attached hydrogens (tertiary/aromatic N) is 3. The van der Waals surface area contributed by atoms with Gasteiger partial charge in [0.05, 0.1) is 19.2 Å². The highest BCUT2D eigenvalue weighted by molar-refractivity contribution is 9.11. The third kappa shape index (κ3) is 4.45. The predicted octanol–water partition coefficient (Wildman–Crippen LogP) is 5.12. The molecule has 10 heteroatoms. The van der Waals surface area contributed by atoms with Crippen molar-refractivity contribution in [2.24, 2.45) is 0 Å². The molecule has 2 heterocycles. The van der Waals surface area contributed by atoms with Gasteiger partial charge in [-0.05, 0) is 39.5 Å². The maximum Gasteiger partial charge on any atom is 0.338 e. The number of nitro benzene ring substituents is 1. The number of aromatic nitrogens is 2. The van der Waals surface area contributed by atoms with Gasteiger partial charge in [-0.1, -0.05) is 26.8 Å². The molecule has 0 saturated carbocycles. The molecule has 146 valence electrons. The first-order chi connectivity index (χ1) is 13.1. The topological polar surface area (TPSA) is 108 Å². The summed E-state index contributed by atoms with van der Waals surface area (Å²) >= 11 is 4.79. The molecule has 0 atom stereocenters. The van der Waals surface area contributed by atoms with Gasteiger partial charge in [0.2, 0.25) is 0 Å². The monoisotopic (exact) mass is 465 g/mol. The SMILES string of the molecule is CC(C)(C)c1ccc(C(=O)OCc2nnc(-c3ccc(Br)s3)o2)cc1[N+](=O)[O-]. The quantitative estimate of drug-likeness (QED) is 0.292. The summed E-state index contributed by atoms with van der Waals surface area (Å²) in [7, 11) is 0. The molecule has 3 aromatic rings. The van der Waals surface area contributed by atoms with Crippen molar-refractivity contribution in [3.63, 3.8) is 0 Å². The summed E-state index contributed by atoms with van der Waals surface area (Å²) in [5.74, 6) is -0.247. The van der Waals surface area contributed by atoms with Crippen molar-refractivity contribution in [1.29, 1.82) is 0 Å². The Morgan fingerprint density at radius 3 is 2.64 bits per heavy atom. The molecular weight excluding hydrogens is 450 g/mol. The summed E-state index contributed by atoms with van der Waals surface area (Å²) in [5.41, 5.74) is 0.0755. The number of ether oxygens (including phenoxy) is 1. The van der Waals surface area contributed by atoms with Crippen LogP contribution in [0.5, 0.6) is 0 Å². The van der Waals surface area contributed by atoms with E-state index in [1.807, 2.05) is 32.9 Å². The molecule has 0 saturated heterocycles. The molecule has 0 bridgehead atoms. The molecule has 0 radical (unpaired) electrons. The molecule has 1 aromatic carbocycles. The summed E-state index contributed by atoms with van der Waals surface area (Å²) in [6.45, 7) is 5.37. The first-order valence-electron chi connectivity index (χ1n) is 8.19. The van der Waals surface area contributed by atoms with Gasteiger partial charge in [0, 0.05) is 11.6 Å². The predicted molar refractivity (Wildman–Crippen MR) is 106 cm³/mol. The van der Waals surface area contributed by atoms with Crippen molar-refractivity contribution in [2.75, 3.05) is 0 Å². The number of esters is 1. The second-order valence-electron chi connectivity index (χ2n) is 6.92. The Balaban J connectivity index is 1.72. The van der Waals surface area contributed by atoms with Gasteiger partial charge in [0.25, 0.3) is 17.5 Å². The minimum atomic E-state index is -0.706. The highest BCUT2D eigenvalue weighted by atomic mass is 79.9. The maximum absolute atomic E-state index is 12.3. The van der Waals surface area contributed by atoms with Crippen molar-refractivity contribution in [1.82, 2.24) is 10.2 Å². The van der Waals surface area contributed by atoms with Crippen LogP contribution < -0.4 is 0 Å². The lowest BCUT2D eigenvalue weighted by Gasteiger charge is -2.19. The van der Waals surface area contributed by atoms with Crippen LogP contribution in [-0.2, 0) is 16.8 Å². The number of halogens is 1. The Morgan fingerprint density at radius 2 is 2.04 bits per heavy atom. The van der Waals surface area contributed by atoms with Crippen LogP contribution in [0, 0.1) is 10.1 Å². The molecule has 0 N–H and O–H groups in total. The first kappa shape index (κ1) is 20.2. The second kappa shape index (κ2) is 7.80. The van der Waals surface area contributed by atoms with E-state index in [9.17, 15) is 14.9 Å². The fraction of sp³-hybridized carbons (Fsp3) is 0.278. The van der Waals surface area contributed by atoms with Gasteiger partial charge in [0.15, 0.2) is 6.61 Å². The van der Waals surface area contributed by atoms with E-state index in [0.29, 0.717) is 11.5 Å². The molecule has 3 rings (SSSR count). The Morgan fingerprint density at radius 1 is 1.29 bits per heavy atom. The van der Waals surface area contributed by atoms with Crippen molar-refractivity contribution < 1.29 is 18.9 Å². The lowest BCUT2D eigenvalue weighted by Crippen LogP contribution is -2.15. The summed E-state index contributed by atoms with van der Waals surface area (Å²) in [6, 6.07) is 8.00. The van der Waals surface area contributed by atoms with E-state index in [-0.39, 0.29) is 23.7 Å². The molecular formula is C18H16BrN3O5S. The fourth-order valence-corrected chi connectivity index (χ4v) is 3.80. The average molecular weight is 466 g/mol. The van der Waals surface area contributed by atoms with Gasteiger partial charge in [-0.15, -0.1) is 21.5 Å². The number of hydrogen-bond acceptors (Lipinski definition) is 8. The molecule has 2 aromatic heterocycles. The molecule has 0 fully saturated rings. The number of thiophene rings is 1. The summed E-state index contributed by atoms with van der Waals surface area (Å²) in [4.78, 5) is 24.0. The van der Waals surface area contributed by atoms with Crippen LogP contribution in [0.2, 0.25) is 0 Å². The van der Waals surface area contributed by atoms with Gasteiger partial charge < -0.3 is 9.15 Å². The van der Waals surface area contributed by atoms with Crippen molar-refractivity contribution in [3.8, 4) is 10.8 Å². The minimum absolute atomic E-state index is 0.0848. The van der Waals surface area contributed by atoms with Crippen LogP contribution in [-0.4, -0.2) is 21.1 Å². The molecule has 28 heavy (non-hydrogen) atoms. The van der Waals surface area contributed by atoms with E-state index in [1.165, 1.54) is 23.5 Å². The van der Waals surface area contributed by atoms with E-state index in [2.05, 4.69) is 26.1 Å². The van der Waals surface area contributed by atoms with Gasteiger partial charge in [-0.25, -0.2) is 4.79 Å². The molecule has 0 aliphatic heterocycles. The number of nitro groups is 1. The molecule has 0 spiro atoms. The number of carbonyl (C=O) groups is 1. The maximum atomic E-state index is 12.3. The summed E-state index contributed by atoms with van der Waals surface area (Å²) < 4.78 is 11.6. The van der Waals surface area contributed by atoms with Gasteiger partial charge in [-0.3, -0.25) is 10.1 Å². The van der Waals surface area contributed by atoms with Crippen molar-refractivity contribution in [2.45, 2.75) is 32.8 Å². The Bertz CT molecular complexity index is 1040. The van der Waals surface area contributed by atoms with E-state index in [0.717, 1.165) is 8.66 Å². The zero-order valence-electron chi connectivity index (χ0n) is 15.3. The second-order valence-corrected chi connectivity index (χ2v) is 9.38. The summed E-state index contributed by atoms with van der Waals surface area (Å²) in [5, 5.41) is 19.1. The zero-order chi connectivity index (χ0) is 20.5. The largest absolute Gasteiger partial charge is 0.452 e. The Labute approximate surface area is 172 Å². The molecule has 0 aliphatic carbocycles. The molecule has 8 nitrogen and oxygen atoms in total. The van der Waals surface area contributed by atoms with Gasteiger partial charge >= 0.3 is 5.97 Å². The Hall–Kier alpha value is -2.59. The highest BCUT2D eigenvalue weighted by Gasteiger charge is 2.26. The van der Waals surface area contributed by atoms with Crippen LogP contribution in [0.3, 0.4) is 0 Å². The standard InChI is InChI=1S/C18H16BrN3O5S/c1-18(2,3)11-5-4-10(8-12(11)22(24)25)17(23)26-9-15-20-21-16(27-15)13-6-7-14(19)28-13/h4-8H,9H2,1-3H3. The van der Waals surface area contributed by atoms with E-state index in [4.69, 9.17) is 9.15 Å². The number of hydrogen-bond donors (Lipinski definition) is 0. The zero-order valence-corrected chi connectivity index (χ0v) is 17.7. The lowest BCUT2D eigenvalue weighted by molar-refractivity contribution is -0.386. The van der Waals surface area contributed by atoms with Crippen LogP contribution in [0.15, 0.2) is 38.5 Å². The van der Waals surface area contributed by atoms with Crippen molar-refractivity contribution >= 4 is 38.9 Å². The number of rotatable bonds is 5. The van der Waals surface area contributed by atoms with Crippen LogP contribution in [0.1, 0.15) is 42.6 Å². The van der Waals surface area contributed by atoms with Crippen LogP contribution in [0.25, 0.3) is 10.8 Å². The van der Waals surface area contributed by atoms with Crippen LogP contribution in [0.4, 0.5) is 5.69 Å². The fourth-order valence-electron chi connectivity index (χ4n) is 2.50. The number of carbonyl (C=O) groups excluding carboxylic acids is 1. The van der Waals surface area contributed by atoms with Gasteiger partial charge in [-0.2, -0.15) is 0 Å². The van der Waals surface area contributed by atoms with E-state index >= 15 is 0 Å². The third-order valence-corrected chi connectivity index (χ3v) is 5.43. The molecule has 0 amide bonds. The highest BCUT2D eigenvalue weighted by Crippen LogP contribution is 2.32. The average Bonchev–Trinajstić information content (AvgIpc) is 3.27. The minimum Gasteiger partial charge on any atom is -0.452 e. The molecule has 0 unspecified atom stereocenters. The first-order valence-corrected chi connectivity index (χ1v) is 9.80.